The second kappa shape index (κ2) is 9.16. The van der Waals surface area contributed by atoms with Gasteiger partial charge in [-0.25, -0.2) is 4.79 Å². The van der Waals surface area contributed by atoms with Crippen molar-refractivity contribution >= 4 is 40.8 Å². The van der Waals surface area contributed by atoms with Crippen molar-refractivity contribution in [2.75, 3.05) is 17.7 Å². The van der Waals surface area contributed by atoms with E-state index >= 15 is 0 Å². The number of amides is 2. The number of hydrogen-bond acceptors (Lipinski definition) is 5. The van der Waals surface area contributed by atoms with E-state index in [9.17, 15) is 27.6 Å². The highest BCUT2D eigenvalue weighted by atomic mass is 35.5. The van der Waals surface area contributed by atoms with Gasteiger partial charge in [-0.1, -0.05) is 11.6 Å². The van der Waals surface area contributed by atoms with Gasteiger partial charge in [0.15, 0.2) is 5.69 Å². The zero-order valence-corrected chi connectivity index (χ0v) is 16.9. The maximum absolute atomic E-state index is 12.9. The van der Waals surface area contributed by atoms with E-state index < -0.39 is 34.5 Å². The SMILES string of the molecule is COC(=O)c1c(NC(=O)CCC(=O)Nc2ccc(Cl)c(C(F)(F)F)c2)c(C)nn1C. The molecule has 0 aliphatic rings. The number of alkyl halides is 3. The van der Waals surface area contributed by atoms with Gasteiger partial charge in [0, 0.05) is 25.6 Å². The average molecular weight is 447 g/mol. The predicted molar refractivity (Wildman–Crippen MR) is 102 cm³/mol. The number of esters is 1. The Bertz CT molecular complexity index is 989. The van der Waals surface area contributed by atoms with Gasteiger partial charge in [-0.05, 0) is 25.1 Å². The zero-order chi connectivity index (χ0) is 22.6. The molecule has 0 saturated carbocycles. The maximum atomic E-state index is 12.9. The van der Waals surface area contributed by atoms with Crippen molar-refractivity contribution in [1.29, 1.82) is 0 Å². The molecule has 0 fully saturated rings. The molecule has 1 heterocycles. The van der Waals surface area contributed by atoms with Crippen molar-refractivity contribution in [1.82, 2.24) is 9.78 Å². The lowest BCUT2D eigenvalue weighted by Crippen LogP contribution is -2.19. The van der Waals surface area contributed by atoms with Crippen molar-refractivity contribution in [3.63, 3.8) is 0 Å². The van der Waals surface area contributed by atoms with Gasteiger partial charge in [0.1, 0.15) is 0 Å². The van der Waals surface area contributed by atoms with Crippen LogP contribution in [0.15, 0.2) is 18.2 Å². The van der Waals surface area contributed by atoms with E-state index in [1.54, 1.807) is 6.92 Å². The molecule has 162 valence electrons. The zero-order valence-electron chi connectivity index (χ0n) is 16.2. The summed E-state index contributed by atoms with van der Waals surface area (Å²) in [5.41, 5.74) is -0.622. The first-order chi connectivity index (χ1) is 13.9. The van der Waals surface area contributed by atoms with Crippen LogP contribution in [0.3, 0.4) is 0 Å². The van der Waals surface area contributed by atoms with Crippen LogP contribution in [0.5, 0.6) is 0 Å². The van der Waals surface area contributed by atoms with E-state index in [4.69, 9.17) is 11.6 Å². The van der Waals surface area contributed by atoms with E-state index in [0.717, 1.165) is 6.07 Å². The number of anilines is 2. The number of methoxy groups -OCH3 is 1. The lowest BCUT2D eigenvalue weighted by Gasteiger charge is -2.12. The highest BCUT2D eigenvalue weighted by molar-refractivity contribution is 6.31. The van der Waals surface area contributed by atoms with Gasteiger partial charge in [-0.15, -0.1) is 0 Å². The second-order valence-electron chi connectivity index (χ2n) is 6.21. The third kappa shape index (κ3) is 5.50. The molecule has 12 heteroatoms. The summed E-state index contributed by atoms with van der Waals surface area (Å²) in [7, 11) is 2.69. The summed E-state index contributed by atoms with van der Waals surface area (Å²) in [5.74, 6) is -1.95. The minimum absolute atomic E-state index is 0.0358. The monoisotopic (exact) mass is 446 g/mol. The van der Waals surface area contributed by atoms with Crippen molar-refractivity contribution < 1.29 is 32.3 Å². The van der Waals surface area contributed by atoms with Crippen molar-refractivity contribution in [3.8, 4) is 0 Å². The number of halogens is 4. The highest BCUT2D eigenvalue weighted by Gasteiger charge is 2.33. The number of carbonyl (C=O) groups is 3. The summed E-state index contributed by atoms with van der Waals surface area (Å²) in [6, 6.07) is 2.95. The number of ether oxygens (including phenoxy) is 1. The van der Waals surface area contributed by atoms with Gasteiger partial charge in [-0.2, -0.15) is 18.3 Å². The number of benzene rings is 1. The Balaban J connectivity index is 2.00. The Morgan fingerprint density at radius 3 is 2.33 bits per heavy atom. The standard InChI is InChI=1S/C18H18ClF3N4O4/c1-9-15(16(17(29)30-3)26(2)25-9)24-14(28)7-6-13(27)23-10-4-5-12(19)11(8-10)18(20,21)22/h4-5,8H,6-7H2,1-3H3,(H,23,27)(H,24,28). The first-order valence-electron chi connectivity index (χ1n) is 8.52. The fourth-order valence-corrected chi connectivity index (χ4v) is 2.84. The number of aromatic nitrogens is 2. The van der Waals surface area contributed by atoms with Gasteiger partial charge < -0.3 is 15.4 Å². The molecule has 30 heavy (non-hydrogen) atoms. The number of nitrogens with one attached hydrogen (secondary N) is 2. The number of nitrogens with zero attached hydrogens (tertiary/aromatic N) is 2. The molecule has 0 bridgehead atoms. The molecule has 0 aliphatic heterocycles. The fraction of sp³-hybridized carbons (Fsp3) is 0.333. The summed E-state index contributed by atoms with van der Waals surface area (Å²) >= 11 is 5.53. The van der Waals surface area contributed by atoms with E-state index in [-0.39, 0.29) is 29.9 Å². The molecule has 1 aromatic carbocycles. The first-order valence-corrected chi connectivity index (χ1v) is 8.90. The minimum Gasteiger partial charge on any atom is -0.464 e. The first kappa shape index (κ1) is 23.2. The fourth-order valence-electron chi connectivity index (χ4n) is 2.61. The summed E-state index contributed by atoms with van der Waals surface area (Å²) in [4.78, 5) is 36.0. The van der Waals surface area contributed by atoms with Crippen LogP contribution >= 0.6 is 11.6 Å². The number of hydrogen-bond donors (Lipinski definition) is 2. The maximum Gasteiger partial charge on any atom is 0.417 e. The molecular formula is C18H18ClF3N4O4. The van der Waals surface area contributed by atoms with Gasteiger partial charge >= 0.3 is 12.1 Å². The van der Waals surface area contributed by atoms with E-state index in [0.29, 0.717) is 11.8 Å². The third-order valence-electron chi connectivity index (χ3n) is 4.00. The summed E-state index contributed by atoms with van der Waals surface area (Å²) in [5, 5.41) is 8.33. The van der Waals surface area contributed by atoms with Gasteiger partial charge in [0.2, 0.25) is 11.8 Å². The summed E-state index contributed by atoms with van der Waals surface area (Å²) in [6.07, 6.45) is -5.25. The van der Waals surface area contributed by atoms with E-state index in [1.807, 2.05) is 0 Å². The Kier molecular flexibility index (Phi) is 7.08. The van der Waals surface area contributed by atoms with Crippen LogP contribution in [0.1, 0.15) is 34.6 Å². The molecule has 1 aromatic heterocycles. The van der Waals surface area contributed by atoms with E-state index in [2.05, 4.69) is 20.5 Å². The van der Waals surface area contributed by atoms with Crippen molar-refractivity contribution in [3.05, 3.63) is 40.2 Å². The van der Waals surface area contributed by atoms with Crippen LogP contribution in [0.25, 0.3) is 0 Å². The molecule has 2 aromatic rings. The second-order valence-corrected chi connectivity index (χ2v) is 6.62. The summed E-state index contributed by atoms with van der Waals surface area (Å²) < 4.78 is 44.6. The molecular weight excluding hydrogens is 429 g/mol. The Morgan fingerprint density at radius 2 is 1.77 bits per heavy atom. The average Bonchev–Trinajstić information content (AvgIpc) is 2.93. The van der Waals surface area contributed by atoms with Gasteiger partial charge in [0.25, 0.3) is 0 Å². The smallest absolute Gasteiger partial charge is 0.417 e. The van der Waals surface area contributed by atoms with Crippen LogP contribution in [0.2, 0.25) is 5.02 Å². The highest BCUT2D eigenvalue weighted by Crippen LogP contribution is 2.36. The number of aryl methyl sites for hydroxylation is 2. The molecule has 0 spiro atoms. The molecule has 8 nitrogen and oxygen atoms in total. The lowest BCUT2D eigenvalue weighted by atomic mass is 10.2. The normalized spacial score (nSPS) is 11.2. The molecule has 2 rings (SSSR count). The number of rotatable bonds is 6. The molecule has 2 N–H and O–H groups in total. The molecule has 0 saturated heterocycles. The van der Waals surface area contributed by atoms with Crippen molar-refractivity contribution in [2.45, 2.75) is 25.9 Å². The predicted octanol–water partition coefficient (Wildman–Crippen LogP) is 3.54. The van der Waals surface area contributed by atoms with Gasteiger partial charge in [0.05, 0.1) is 29.1 Å². The molecule has 0 atom stereocenters. The largest absolute Gasteiger partial charge is 0.464 e. The third-order valence-corrected chi connectivity index (χ3v) is 4.33. The van der Waals surface area contributed by atoms with E-state index in [1.165, 1.54) is 24.9 Å². The number of carbonyl (C=O) groups excluding carboxylic acids is 3. The van der Waals surface area contributed by atoms with Gasteiger partial charge in [-0.3, -0.25) is 14.3 Å². The molecule has 0 radical (unpaired) electrons. The Morgan fingerprint density at radius 1 is 1.17 bits per heavy atom. The van der Waals surface area contributed by atoms with Crippen LogP contribution in [-0.4, -0.2) is 34.7 Å². The molecule has 0 aliphatic carbocycles. The topological polar surface area (TPSA) is 102 Å². The Labute approximate surface area is 174 Å². The van der Waals surface area contributed by atoms with Crippen LogP contribution < -0.4 is 10.6 Å². The minimum atomic E-state index is -4.67. The van der Waals surface area contributed by atoms with Crippen LogP contribution in [0, 0.1) is 6.92 Å². The lowest BCUT2D eigenvalue weighted by molar-refractivity contribution is -0.137. The quantitative estimate of drug-likeness (QED) is 0.661. The summed E-state index contributed by atoms with van der Waals surface area (Å²) in [6.45, 7) is 1.58. The Hall–Kier alpha value is -3.08. The van der Waals surface area contributed by atoms with Crippen LogP contribution in [-0.2, 0) is 27.5 Å². The molecule has 2 amide bonds. The van der Waals surface area contributed by atoms with Crippen LogP contribution in [0.4, 0.5) is 24.5 Å². The van der Waals surface area contributed by atoms with Crippen molar-refractivity contribution in [2.24, 2.45) is 7.05 Å². The molecule has 0 unspecified atom stereocenters.